The minimum atomic E-state index is -0.426. The number of hydrogen-bond acceptors (Lipinski definition) is 10. The van der Waals surface area contributed by atoms with E-state index in [4.69, 9.17) is 28.4 Å². The van der Waals surface area contributed by atoms with Crippen LogP contribution in [0.2, 0.25) is 0 Å². The molecular formula is C34H49N3O8. The topological polar surface area (TPSA) is 99.2 Å². The van der Waals surface area contributed by atoms with E-state index < -0.39 is 5.97 Å². The lowest BCUT2D eigenvalue weighted by molar-refractivity contribution is 0.0487. The van der Waals surface area contributed by atoms with Gasteiger partial charge in [0.05, 0.1) is 47.2 Å². The maximum absolute atomic E-state index is 13.9. The average molecular weight is 628 g/mol. The molecule has 0 spiro atoms. The van der Waals surface area contributed by atoms with Crippen molar-refractivity contribution in [2.45, 2.75) is 45.1 Å². The van der Waals surface area contributed by atoms with Crippen molar-refractivity contribution in [3.05, 3.63) is 41.0 Å². The van der Waals surface area contributed by atoms with E-state index in [0.717, 1.165) is 70.5 Å². The van der Waals surface area contributed by atoms with Gasteiger partial charge in [-0.2, -0.15) is 0 Å². The summed E-state index contributed by atoms with van der Waals surface area (Å²) in [4.78, 5) is 33.6. The van der Waals surface area contributed by atoms with Crippen LogP contribution in [-0.2, 0) is 4.74 Å². The summed E-state index contributed by atoms with van der Waals surface area (Å²) in [5.74, 6) is 1.94. The van der Waals surface area contributed by atoms with Crippen molar-refractivity contribution in [3.8, 4) is 28.7 Å². The molecule has 4 bridgehead atoms. The van der Waals surface area contributed by atoms with Crippen molar-refractivity contribution in [3.63, 3.8) is 0 Å². The van der Waals surface area contributed by atoms with Crippen LogP contribution in [0.3, 0.4) is 0 Å². The summed E-state index contributed by atoms with van der Waals surface area (Å²) in [6.07, 6.45) is 4.06. The summed E-state index contributed by atoms with van der Waals surface area (Å²) >= 11 is 0. The molecule has 2 aliphatic heterocycles. The van der Waals surface area contributed by atoms with Crippen molar-refractivity contribution in [1.29, 1.82) is 0 Å². The number of cyclic esters (lactones) is 1. The molecule has 0 aromatic heterocycles. The predicted octanol–water partition coefficient (Wildman–Crippen LogP) is 4.29. The second-order valence-corrected chi connectivity index (χ2v) is 11.6. The highest BCUT2D eigenvalue weighted by Gasteiger charge is 2.25. The van der Waals surface area contributed by atoms with Gasteiger partial charge in [-0.15, -0.1) is 0 Å². The van der Waals surface area contributed by atoms with E-state index in [2.05, 4.69) is 9.80 Å². The highest BCUT2D eigenvalue weighted by atomic mass is 16.5. The zero-order chi connectivity index (χ0) is 32.3. The first-order chi connectivity index (χ1) is 21.8. The molecule has 3 unspecified atom stereocenters. The number of methoxy groups -OCH3 is 4. The lowest BCUT2D eigenvalue weighted by Gasteiger charge is -2.31. The Morgan fingerprint density at radius 2 is 1.38 bits per heavy atom. The third-order valence-corrected chi connectivity index (χ3v) is 8.80. The fraction of sp³-hybridized carbons (Fsp3) is 0.588. The van der Waals surface area contributed by atoms with Crippen LogP contribution in [0.25, 0.3) is 0 Å². The van der Waals surface area contributed by atoms with E-state index in [1.54, 1.807) is 38.5 Å². The fourth-order valence-corrected chi connectivity index (χ4v) is 6.11. The fourth-order valence-electron chi connectivity index (χ4n) is 6.11. The highest BCUT2D eigenvalue weighted by molar-refractivity contribution is 5.95. The van der Waals surface area contributed by atoms with Gasteiger partial charge in [0.1, 0.15) is 11.5 Å². The van der Waals surface area contributed by atoms with Gasteiger partial charge in [0.2, 0.25) is 5.75 Å². The minimum Gasteiger partial charge on any atom is -0.496 e. The Morgan fingerprint density at radius 3 is 2.02 bits per heavy atom. The number of benzene rings is 2. The molecule has 1 fully saturated rings. The van der Waals surface area contributed by atoms with E-state index in [0.29, 0.717) is 59.5 Å². The number of hydrogen-bond donors (Lipinski definition) is 0. The van der Waals surface area contributed by atoms with Crippen LogP contribution < -0.4 is 23.7 Å². The van der Waals surface area contributed by atoms with E-state index in [-0.39, 0.29) is 11.9 Å². The maximum Gasteiger partial charge on any atom is 0.338 e. The standard InChI is InChI=1S/C34H49N3O8/c1-24-28(40-3)20-25(21-29(24)41-4)33(38)35(2)27-10-7-18-44-31-23-26(22-30(42-5)32(31)43-6)34(39)45-19-9-14-36-12-8-13-37(15-11-27)17-16-36/h20-23,27H,7-19H2,1-6H3. The molecule has 0 N–H and O–H groups in total. The third kappa shape index (κ3) is 8.73. The Hall–Kier alpha value is -3.70. The predicted molar refractivity (Wildman–Crippen MR) is 171 cm³/mol. The molecule has 1 saturated heterocycles. The van der Waals surface area contributed by atoms with Gasteiger partial charge in [0, 0.05) is 50.4 Å². The molecule has 2 heterocycles. The molecule has 248 valence electrons. The normalized spacial score (nSPS) is 21.6. The first-order valence-corrected chi connectivity index (χ1v) is 15.8. The van der Waals surface area contributed by atoms with Gasteiger partial charge < -0.3 is 43.1 Å². The summed E-state index contributed by atoms with van der Waals surface area (Å²) in [5, 5.41) is 0. The summed E-state index contributed by atoms with van der Waals surface area (Å²) in [7, 11) is 8.13. The summed E-state index contributed by atoms with van der Waals surface area (Å²) < 4.78 is 33.9. The summed E-state index contributed by atoms with van der Waals surface area (Å²) in [6.45, 7) is 8.32. The van der Waals surface area contributed by atoms with Crippen molar-refractivity contribution >= 4 is 11.9 Å². The number of nitrogens with zero attached hydrogens (tertiary/aromatic N) is 3. The van der Waals surface area contributed by atoms with Crippen molar-refractivity contribution < 1.29 is 38.0 Å². The number of rotatable bonds is 6. The van der Waals surface area contributed by atoms with E-state index in [1.807, 2.05) is 18.9 Å². The molecule has 0 radical (unpaired) electrons. The lowest BCUT2D eigenvalue weighted by atomic mass is 10.0. The van der Waals surface area contributed by atoms with Gasteiger partial charge in [-0.25, -0.2) is 4.79 Å². The molecule has 3 atom stereocenters. The number of carbonyl (C=O) groups is 2. The van der Waals surface area contributed by atoms with Crippen LogP contribution in [0.4, 0.5) is 0 Å². The third-order valence-electron chi connectivity index (χ3n) is 8.80. The van der Waals surface area contributed by atoms with Gasteiger partial charge in [-0.05, 0) is 76.4 Å². The summed E-state index contributed by atoms with van der Waals surface area (Å²) in [5.41, 5.74) is 1.72. The molecule has 2 aliphatic rings. The van der Waals surface area contributed by atoms with Crippen LogP contribution in [-0.4, -0.2) is 121 Å². The number of amides is 1. The van der Waals surface area contributed by atoms with Crippen molar-refractivity contribution in [2.75, 3.05) is 88.0 Å². The maximum atomic E-state index is 13.9. The highest BCUT2D eigenvalue weighted by Crippen LogP contribution is 2.39. The first kappa shape index (κ1) is 34.2. The average Bonchev–Trinajstić information content (AvgIpc) is 3.29. The molecule has 0 aliphatic carbocycles. The molecule has 0 saturated carbocycles. The Morgan fingerprint density at radius 1 is 0.756 bits per heavy atom. The molecule has 11 heteroatoms. The molecule has 4 rings (SSSR count). The van der Waals surface area contributed by atoms with Crippen LogP contribution in [0.1, 0.15) is 58.4 Å². The number of carbonyl (C=O) groups excluding carboxylic acids is 2. The largest absolute Gasteiger partial charge is 0.496 e. The Balaban J connectivity index is 1.58. The van der Waals surface area contributed by atoms with Gasteiger partial charge in [0.25, 0.3) is 5.91 Å². The Kier molecular flexibility index (Phi) is 12.6. The smallest absolute Gasteiger partial charge is 0.338 e. The van der Waals surface area contributed by atoms with Crippen molar-refractivity contribution in [2.24, 2.45) is 0 Å². The summed E-state index contributed by atoms with van der Waals surface area (Å²) in [6, 6.07) is 6.80. The van der Waals surface area contributed by atoms with E-state index in [1.165, 1.54) is 14.2 Å². The Bertz CT molecular complexity index is 1280. The van der Waals surface area contributed by atoms with Gasteiger partial charge in [-0.1, -0.05) is 0 Å². The van der Waals surface area contributed by atoms with Gasteiger partial charge in [-0.3, -0.25) is 4.79 Å². The second-order valence-electron chi connectivity index (χ2n) is 11.6. The molecule has 1 amide bonds. The first-order valence-electron chi connectivity index (χ1n) is 15.8. The zero-order valence-electron chi connectivity index (χ0n) is 27.7. The monoisotopic (exact) mass is 627 g/mol. The molecule has 45 heavy (non-hydrogen) atoms. The second kappa shape index (κ2) is 16.6. The van der Waals surface area contributed by atoms with E-state index in [9.17, 15) is 9.59 Å². The minimum absolute atomic E-state index is 0.0291. The van der Waals surface area contributed by atoms with Crippen LogP contribution >= 0.6 is 0 Å². The molecule has 11 nitrogen and oxygen atoms in total. The van der Waals surface area contributed by atoms with Gasteiger partial charge in [0.15, 0.2) is 11.5 Å². The van der Waals surface area contributed by atoms with Crippen molar-refractivity contribution in [1.82, 2.24) is 14.7 Å². The quantitative estimate of drug-likeness (QED) is 0.432. The number of fused-ring (bicyclic) bond motifs is 5. The van der Waals surface area contributed by atoms with Crippen LogP contribution in [0.5, 0.6) is 28.7 Å². The molecule has 2 aromatic rings. The van der Waals surface area contributed by atoms with E-state index >= 15 is 0 Å². The SMILES string of the molecule is COc1cc(C(=O)N(C)C2CCCOc3cc(cc(OC)c3OC)C(=O)OCCCN3CCCN(CC2)CC3)cc(OC)c1C. The van der Waals surface area contributed by atoms with Gasteiger partial charge >= 0.3 is 5.97 Å². The Labute approximate surface area is 267 Å². The van der Waals surface area contributed by atoms with Crippen LogP contribution in [0, 0.1) is 6.92 Å². The van der Waals surface area contributed by atoms with Crippen LogP contribution in [0.15, 0.2) is 24.3 Å². The lowest BCUT2D eigenvalue weighted by Crippen LogP contribution is -2.40. The number of ether oxygens (including phenoxy) is 6. The molecule has 2 aromatic carbocycles. The molecular weight excluding hydrogens is 578 g/mol. The number of esters is 1. The zero-order valence-corrected chi connectivity index (χ0v) is 27.7.